The molecule has 1 saturated heterocycles. The first kappa shape index (κ1) is 18.7. The predicted octanol–water partition coefficient (Wildman–Crippen LogP) is 2.57. The molecule has 1 unspecified atom stereocenters. The Balaban J connectivity index is 1.52. The lowest BCUT2D eigenvalue weighted by Gasteiger charge is -2.37. The molecule has 6 heteroatoms. The third-order valence-electron chi connectivity index (χ3n) is 5.23. The van der Waals surface area contributed by atoms with Crippen LogP contribution in [0.2, 0.25) is 0 Å². The number of methoxy groups -OCH3 is 2. The van der Waals surface area contributed by atoms with Crippen LogP contribution < -0.4 is 9.47 Å². The summed E-state index contributed by atoms with van der Waals surface area (Å²) in [5, 5.41) is 0. The van der Waals surface area contributed by atoms with Gasteiger partial charge in [-0.15, -0.1) is 0 Å². The minimum Gasteiger partial charge on any atom is -0.493 e. The maximum atomic E-state index is 5.41. The molecule has 0 bridgehead atoms. The van der Waals surface area contributed by atoms with Crippen molar-refractivity contribution in [2.75, 3.05) is 40.9 Å². The zero-order chi connectivity index (χ0) is 18.4. The van der Waals surface area contributed by atoms with Crippen molar-refractivity contribution in [1.29, 1.82) is 0 Å². The summed E-state index contributed by atoms with van der Waals surface area (Å²) in [6, 6.07) is 6.79. The van der Waals surface area contributed by atoms with Gasteiger partial charge in [0.05, 0.1) is 20.8 Å². The van der Waals surface area contributed by atoms with E-state index in [-0.39, 0.29) is 0 Å². The fourth-order valence-electron chi connectivity index (χ4n) is 3.65. The highest BCUT2D eigenvalue weighted by Gasteiger charge is 2.23. The van der Waals surface area contributed by atoms with E-state index in [9.17, 15) is 0 Å². The van der Waals surface area contributed by atoms with Gasteiger partial charge in [-0.25, -0.2) is 4.98 Å². The van der Waals surface area contributed by atoms with Crippen molar-refractivity contribution in [3.63, 3.8) is 0 Å². The van der Waals surface area contributed by atoms with Crippen molar-refractivity contribution in [3.05, 3.63) is 42.0 Å². The normalized spacial score (nSPS) is 18.2. The third-order valence-corrected chi connectivity index (χ3v) is 5.23. The average molecular weight is 358 g/mol. The quantitative estimate of drug-likeness (QED) is 0.786. The second-order valence-electron chi connectivity index (χ2n) is 6.99. The van der Waals surface area contributed by atoms with Gasteiger partial charge in [0.2, 0.25) is 0 Å². The Kier molecular flexibility index (Phi) is 6.52. The Morgan fingerprint density at radius 3 is 2.85 bits per heavy atom. The zero-order valence-corrected chi connectivity index (χ0v) is 16.1. The Morgan fingerprint density at radius 1 is 1.27 bits per heavy atom. The Morgan fingerprint density at radius 2 is 2.12 bits per heavy atom. The largest absolute Gasteiger partial charge is 0.493 e. The van der Waals surface area contributed by atoms with Gasteiger partial charge in [-0.3, -0.25) is 4.90 Å². The van der Waals surface area contributed by atoms with Crippen LogP contribution in [-0.2, 0) is 13.0 Å². The molecule has 1 aromatic heterocycles. The van der Waals surface area contributed by atoms with Crippen LogP contribution in [-0.4, -0.2) is 66.7 Å². The molecule has 3 rings (SSSR count). The number of aromatic amines is 1. The Labute approximate surface area is 156 Å². The van der Waals surface area contributed by atoms with Crippen molar-refractivity contribution >= 4 is 0 Å². The minimum absolute atomic E-state index is 0.596. The highest BCUT2D eigenvalue weighted by Crippen LogP contribution is 2.28. The molecule has 1 aliphatic rings. The van der Waals surface area contributed by atoms with Crippen molar-refractivity contribution in [2.45, 2.75) is 31.8 Å². The molecule has 26 heavy (non-hydrogen) atoms. The molecule has 0 saturated carbocycles. The molecule has 2 heterocycles. The Hall–Kier alpha value is -2.05. The molecule has 1 atom stereocenters. The number of rotatable bonds is 8. The van der Waals surface area contributed by atoms with Crippen molar-refractivity contribution in [3.8, 4) is 11.5 Å². The number of piperidine rings is 1. The Bertz CT molecular complexity index is 674. The van der Waals surface area contributed by atoms with Crippen LogP contribution in [0.15, 0.2) is 30.6 Å². The monoisotopic (exact) mass is 358 g/mol. The molecule has 142 valence electrons. The van der Waals surface area contributed by atoms with E-state index in [1.807, 2.05) is 18.5 Å². The fourth-order valence-corrected chi connectivity index (χ4v) is 3.65. The first-order chi connectivity index (χ1) is 12.7. The minimum atomic E-state index is 0.596. The lowest BCUT2D eigenvalue weighted by Crippen LogP contribution is -2.46. The molecule has 0 spiro atoms. The molecular weight excluding hydrogens is 328 g/mol. The molecule has 1 N–H and O–H groups in total. The highest BCUT2D eigenvalue weighted by atomic mass is 16.5. The first-order valence-electron chi connectivity index (χ1n) is 9.31. The van der Waals surface area contributed by atoms with Crippen LogP contribution in [0.1, 0.15) is 24.2 Å². The van der Waals surface area contributed by atoms with Gasteiger partial charge in [0.15, 0.2) is 11.5 Å². The third kappa shape index (κ3) is 4.77. The SMILES string of the molecule is COc1ccc(CCN(C)C2CCCN(Cc3ncc[nH]3)C2)cc1OC. The van der Waals surface area contributed by atoms with E-state index in [2.05, 4.69) is 38.9 Å². The molecule has 0 aliphatic carbocycles. The molecule has 0 radical (unpaired) electrons. The fraction of sp³-hybridized carbons (Fsp3) is 0.550. The van der Waals surface area contributed by atoms with E-state index in [0.717, 1.165) is 49.9 Å². The standard InChI is InChI=1S/C20H30N4O2/c1-23(12-8-16-6-7-18(25-2)19(13-16)26-3)17-5-4-11-24(14-17)15-20-21-9-10-22-20/h6-7,9-10,13,17H,4-5,8,11-12,14-15H2,1-3H3,(H,21,22). The van der Waals surface area contributed by atoms with Crippen LogP contribution in [0, 0.1) is 0 Å². The number of benzene rings is 1. The van der Waals surface area contributed by atoms with E-state index in [4.69, 9.17) is 9.47 Å². The molecule has 1 aromatic carbocycles. The van der Waals surface area contributed by atoms with E-state index < -0.39 is 0 Å². The summed E-state index contributed by atoms with van der Waals surface area (Å²) in [4.78, 5) is 12.6. The van der Waals surface area contributed by atoms with E-state index in [1.54, 1.807) is 14.2 Å². The summed E-state index contributed by atoms with van der Waals surface area (Å²) in [6.45, 7) is 4.20. The predicted molar refractivity (Wildman–Crippen MR) is 103 cm³/mol. The molecule has 2 aromatic rings. The number of ether oxygens (including phenoxy) is 2. The number of nitrogens with zero attached hydrogens (tertiary/aromatic N) is 3. The smallest absolute Gasteiger partial charge is 0.160 e. The highest BCUT2D eigenvalue weighted by molar-refractivity contribution is 5.42. The lowest BCUT2D eigenvalue weighted by atomic mass is 10.0. The topological polar surface area (TPSA) is 53.6 Å². The van der Waals surface area contributed by atoms with Gasteiger partial charge in [0.1, 0.15) is 5.82 Å². The average Bonchev–Trinajstić information content (AvgIpc) is 3.19. The van der Waals surface area contributed by atoms with Gasteiger partial charge < -0.3 is 19.4 Å². The number of likely N-dealkylation sites (tertiary alicyclic amines) is 1. The summed E-state index contributed by atoms with van der Waals surface area (Å²) < 4.78 is 10.7. The summed E-state index contributed by atoms with van der Waals surface area (Å²) >= 11 is 0. The molecule has 1 fully saturated rings. The van der Waals surface area contributed by atoms with E-state index in [1.165, 1.54) is 18.4 Å². The summed E-state index contributed by atoms with van der Waals surface area (Å²) in [5.41, 5.74) is 1.28. The van der Waals surface area contributed by atoms with E-state index >= 15 is 0 Å². The van der Waals surface area contributed by atoms with Crippen molar-refractivity contribution in [1.82, 2.24) is 19.8 Å². The summed E-state index contributed by atoms with van der Waals surface area (Å²) in [6.07, 6.45) is 7.23. The van der Waals surface area contributed by atoms with Gasteiger partial charge in [-0.1, -0.05) is 6.07 Å². The number of nitrogens with one attached hydrogen (secondary N) is 1. The molecule has 6 nitrogen and oxygen atoms in total. The van der Waals surface area contributed by atoms with Crippen LogP contribution in [0.4, 0.5) is 0 Å². The molecule has 1 aliphatic heterocycles. The van der Waals surface area contributed by atoms with Gasteiger partial charge in [0.25, 0.3) is 0 Å². The van der Waals surface area contributed by atoms with Crippen LogP contribution in [0.25, 0.3) is 0 Å². The maximum absolute atomic E-state index is 5.41. The van der Waals surface area contributed by atoms with Gasteiger partial charge >= 0.3 is 0 Å². The number of likely N-dealkylation sites (N-methyl/N-ethyl adjacent to an activating group) is 1. The van der Waals surface area contributed by atoms with Crippen LogP contribution in [0.5, 0.6) is 11.5 Å². The molecule has 0 amide bonds. The van der Waals surface area contributed by atoms with Crippen molar-refractivity contribution in [2.24, 2.45) is 0 Å². The number of H-pyrrole nitrogens is 1. The van der Waals surface area contributed by atoms with Crippen LogP contribution >= 0.6 is 0 Å². The summed E-state index contributed by atoms with van der Waals surface area (Å²) in [7, 11) is 5.59. The number of imidazole rings is 1. The lowest BCUT2D eigenvalue weighted by molar-refractivity contribution is 0.110. The van der Waals surface area contributed by atoms with Crippen molar-refractivity contribution < 1.29 is 9.47 Å². The van der Waals surface area contributed by atoms with Crippen LogP contribution in [0.3, 0.4) is 0 Å². The summed E-state index contributed by atoms with van der Waals surface area (Å²) in [5.74, 6) is 2.64. The second kappa shape index (κ2) is 9.05. The number of hydrogen-bond donors (Lipinski definition) is 1. The van der Waals surface area contributed by atoms with Gasteiger partial charge in [-0.05, 0) is 50.6 Å². The van der Waals surface area contributed by atoms with Gasteiger partial charge in [-0.2, -0.15) is 0 Å². The van der Waals surface area contributed by atoms with E-state index in [0.29, 0.717) is 6.04 Å². The number of hydrogen-bond acceptors (Lipinski definition) is 5. The number of aromatic nitrogens is 2. The molecular formula is C20H30N4O2. The van der Waals surface area contributed by atoms with Gasteiger partial charge in [0, 0.05) is 31.5 Å². The zero-order valence-electron chi connectivity index (χ0n) is 16.1. The first-order valence-corrected chi connectivity index (χ1v) is 9.31. The maximum Gasteiger partial charge on any atom is 0.160 e. The second-order valence-corrected chi connectivity index (χ2v) is 6.99.